The van der Waals surface area contributed by atoms with Crippen molar-refractivity contribution in [3.63, 3.8) is 0 Å². The lowest BCUT2D eigenvalue weighted by atomic mass is 10.1. The average molecular weight is 264 g/mol. The van der Waals surface area contributed by atoms with E-state index in [0.29, 0.717) is 49.1 Å². The monoisotopic (exact) mass is 264 g/mol. The van der Waals surface area contributed by atoms with Crippen molar-refractivity contribution in [2.45, 2.75) is 20.3 Å². The molecular weight excluding hydrogens is 244 g/mol. The summed E-state index contributed by atoms with van der Waals surface area (Å²) in [5, 5.41) is 0. The normalized spacial score (nSPS) is 13.8. The minimum absolute atomic E-state index is 0.0703. The van der Waals surface area contributed by atoms with Gasteiger partial charge >= 0.3 is 0 Å². The number of rotatable bonds is 3. The fraction of sp³-hybridized carbons (Fsp3) is 0.500. The molecule has 5 nitrogen and oxygen atoms in total. The lowest BCUT2D eigenvalue weighted by Gasteiger charge is -2.21. The Morgan fingerprint density at radius 1 is 1.26 bits per heavy atom. The predicted octanol–water partition coefficient (Wildman–Crippen LogP) is 1.91. The second-order valence-corrected chi connectivity index (χ2v) is 4.42. The van der Waals surface area contributed by atoms with Crippen LogP contribution in [-0.2, 0) is 0 Å². The molecule has 0 fully saturated rings. The molecule has 0 aromatic heterocycles. The first-order valence-electron chi connectivity index (χ1n) is 6.65. The second-order valence-electron chi connectivity index (χ2n) is 4.42. The maximum atomic E-state index is 12.5. The van der Waals surface area contributed by atoms with Crippen molar-refractivity contribution in [2.75, 3.05) is 32.0 Å². The number of ether oxygens (including phenoxy) is 2. The summed E-state index contributed by atoms with van der Waals surface area (Å²) < 4.78 is 11.3. The molecule has 0 spiro atoms. The van der Waals surface area contributed by atoms with E-state index in [0.717, 1.165) is 6.42 Å². The van der Waals surface area contributed by atoms with Gasteiger partial charge in [0.2, 0.25) is 0 Å². The summed E-state index contributed by atoms with van der Waals surface area (Å²) in [7, 11) is 0. The van der Waals surface area contributed by atoms with Crippen LogP contribution in [0.4, 0.5) is 5.69 Å². The number of nitrogen functional groups attached to an aromatic ring is 1. The molecule has 19 heavy (non-hydrogen) atoms. The van der Waals surface area contributed by atoms with E-state index in [4.69, 9.17) is 15.2 Å². The van der Waals surface area contributed by atoms with Crippen molar-refractivity contribution in [1.29, 1.82) is 0 Å². The number of amides is 1. The SMILES string of the molecule is CCN(CC)C(=O)c1cc(N)cc2c1OCCCO2. The number of carbonyl (C=O) groups is 1. The Morgan fingerprint density at radius 2 is 1.95 bits per heavy atom. The Balaban J connectivity index is 2.44. The number of hydrogen-bond acceptors (Lipinski definition) is 4. The Bertz CT molecular complexity index is 470. The molecule has 0 saturated carbocycles. The molecule has 2 rings (SSSR count). The highest BCUT2D eigenvalue weighted by Crippen LogP contribution is 2.36. The third kappa shape index (κ3) is 2.75. The molecule has 1 amide bonds. The zero-order chi connectivity index (χ0) is 13.8. The van der Waals surface area contributed by atoms with Crippen molar-refractivity contribution in [2.24, 2.45) is 0 Å². The van der Waals surface area contributed by atoms with E-state index in [1.165, 1.54) is 0 Å². The highest BCUT2D eigenvalue weighted by molar-refractivity contribution is 5.99. The largest absolute Gasteiger partial charge is 0.489 e. The Morgan fingerprint density at radius 3 is 2.63 bits per heavy atom. The average Bonchev–Trinajstić information content (AvgIpc) is 2.64. The zero-order valence-electron chi connectivity index (χ0n) is 11.4. The first-order valence-corrected chi connectivity index (χ1v) is 6.65. The molecule has 1 heterocycles. The van der Waals surface area contributed by atoms with Crippen molar-refractivity contribution in [1.82, 2.24) is 4.90 Å². The molecule has 2 N–H and O–H groups in total. The van der Waals surface area contributed by atoms with Gasteiger partial charge in [-0.3, -0.25) is 4.79 Å². The lowest BCUT2D eigenvalue weighted by Crippen LogP contribution is -2.30. The molecule has 104 valence electrons. The fourth-order valence-electron chi connectivity index (χ4n) is 2.13. The Hall–Kier alpha value is -1.91. The summed E-state index contributed by atoms with van der Waals surface area (Å²) >= 11 is 0. The number of benzene rings is 1. The van der Waals surface area contributed by atoms with Crippen LogP contribution in [0.2, 0.25) is 0 Å². The summed E-state index contributed by atoms with van der Waals surface area (Å²) in [5.41, 5.74) is 6.85. The van der Waals surface area contributed by atoms with Gasteiger partial charge in [-0.05, 0) is 19.9 Å². The molecular formula is C14H20N2O3. The summed E-state index contributed by atoms with van der Waals surface area (Å²) in [6.45, 7) is 6.33. The third-order valence-corrected chi connectivity index (χ3v) is 3.15. The Labute approximate surface area is 113 Å². The highest BCUT2D eigenvalue weighted by atomic mass is 16.5. The molecule has 5 heteroatoms. The summed E-state index contributed by atoms with van der Waals surface area (Å²) in [4.78, 5) is 14.2. The summed E-state index contributed by atoms with van der Waals surface area (Å²) in [6.07, 6.45) is 0.799. The van der Waals surface area contributed by atoms with Crippen LogP contribution in [0.25, 0.3) is 0 Å². The van der Waals surface area contributed by atoms with Crippen LogP contribution in [0, 0.1) is 0 Å². The van der Waals surface area contributed by atoms with Gasteiger partial charge in [0, 0.05) is 31.3 Å². The minimum atomic E-state index is -0.0703. The fourth-order valence-corrected chi connectivity index (χ4v) is 2.13. The molecule has 1 aromatic carbocycles. The van der Waals surface area contributed by atoms with Crippen LogP contribution in [0.3, 0.4) is 0 Å². The quantitative estimate of drug-likeness (QED) is 0.847. The number of nitrogens with two attached hydrogens (primary N) is 1. The lowest BCUT2D eigenvalue weighted by molar-refractivity contribution is 0.0768. The van der Waals surface area contributed by atoms with Gasteiger partial charge in [0.15, 0.2) is 11.5 Å². The van der Waals surface area contributed by atoms with Gasteiger partial charge in [0.05, 0.1) is 18.8 Å². The van der Waals surface area contributed by atoms with Gasteiger partial charge in [0.1, 0.15) is 0 Å². The first-order chi connectivity index (χ1) is 9.17. The van der Waals surface area contributed by atoms with Crippen molar-refractivity contribution < 1.29 is 14.3 Å². The van der Waals surface area contributed by atoms with Crippen molar-refractivity contribution in [3.05, 3.63) is 17.7 Å². The van der Waals surface area contributed by atoms with Crippen LogP contribution in [0.15, 0.2) is 12.1 Å². The number of carbonyl (C=O) groups excluding carboxylic acids is 1. The van der Waals surface area contributed by atoms with E-state index >= 15 is 0 Å². The number of fused-ring (bicyclic) bond motifs is 1. The minimum Gasteiger partial charge on any atom is -0.489 e. The molecule has 1 aliphatic rings. The highest BCUT2D eigenvalue weighted by Gasteiger charge is 2.23. The number of nitrogens with zero attached hydrogens (tertiary/aromatic N) is 1. The second kappa shape index (κ2) is 5.82. The van der Waals surface area contributed by atoms with Crippen LogP contribution >= 0.6 is 0 Å². The maximum Gasteiger partial charge on any atom is 0.257 e. The maximum absolute atomic E-state index is 12.5. The molecule has 0 unspecified atom stereocenters. The predicted molar refractivity (Wildman–Crippen MR) is 73.7 cm³/mol. The standard InChI is InChI=1S/C14H20N2O3/c1-3-16(4-2)14(17)11-8-10(15)9-12-13(11)19-7-5-6-18-12/h8-9H,3-7,15H2,1-2H3. The van der Waals surface area contributed by atoms with Crippen molar-refractivity contribution in [3.8, 4) is 11.5 Å². The van der Waals surface area contributed by atoms with E-state index < -0.39 is 0 Å². The zero-order valence-corrected chi connectivity index (χ0v) is 11.4. The van der Waals surface area contributed by atoms with Gasteiger partial charge < -0.3 is 20.1 Å². The molecule has 1 aromatic rings. The molecule has 0 saturated heterocycles. The Kier molecular flexibility index (Phi) is 4.14. The van der Waals surface area contributed by atoms with E-state index in [2.05, 4.69) is 0 Å². The topological polar surface area (TPSA) is 64.8 Å². The molecule has 0 radical (unpaired) electrons. The molecule has 0 bridgehead atoms. The van der Waals surface area contributed by atoms with Gasteiger partial charge in [0.25, 0.3) is 5.91 Å². The van der Waals surface area contributed by atoms with Crippen LogP contribution in [0.5, 0.6) is 11.5 Å². The summed E-state index contributed by atoms with van der Waals surface area (Å²) in [6, 6.07) is 3.37. The third-order valence-electron chi connectivity index (χ3n) is 3.15. The van der Waals surface area contributed by atoms with Crippen molar-refractivity contribution >= 4 is 11.6 Å². The van der Waals surface area contributed by atoms with Gasteiger partial charge in [-0.2, -0.15) is 0 Å². The van der Waals surface area contributed by atoms with E-state index in [-0.39, 0.29) is 5.91 Å². The summed E-state index contributed by atoms with van der Waals surface area (Å²) in [5.74, 6) is 1.01. The van der Waals surface area contributed by atoms with Crippen LogP contribution < -0.4 is 15.2 Å². The first kappa shape index (κ1) is 13.5. The smallest absolute Gasteiger partial charge is 0.257 e. The molecule has 1 aliphatic heterocycles. The van der Waals surface area contributed by atoms with E-state index in [1.54, 1.807) is 17.0 Å². The van der Waals surface area contributed by atoms with Crippen LogP contribution in [0.1, 0.15) is 30.6 Å². The number of anilines is 1. The van der Waals surface area contributed by atoms with Gasteiger partial charge in [-0.25, -0.2) is 0 Å². The van der Waals surface area contributed by atoms with E-state index in [9.17, 15) is 4.79 Å². The van der Waals surface area contributed by atoms with Gasteiger partial charge in [-0.15, -0.1) is 0 Å². The molecule has 0 atom stereocenters. The van der Waals surface area contributed by atoms with E-state index in [1.807, 2.05) is 13.8 Å². The van der Waals surface area contributed by atoms with Gasteiger partial charge in [-0.1, -0.05) is 0 Å². The molecule has 0 aliphatic carbocycles. The van der Waals surface area contributed by atoms with Crippen LogP contribution in [-0.4, -0.2) is 37.1 Å². The number of hydrogen-bond donors (Lipinski definition) is 1.